The van der Waals surface area contributed by atoms with Crippen molar-refractivity contribution in [2.75, 3.05) is 29.9 Å². The molecule has 8 nitrogen and oxygen atoms in total. The van der Waals surface area contributed by atoms with Gasteiger partial charge < -0.3 is 25.4 Å². The topological polar surface area (TPSA) is 91.3 Å². The van der Waals surface area contributed by atoms with Gasteiger partial charge in [-0.3, -0.25) is 9.59 Å². The maximum Gasteiger partial charge on any atom is 0.391 e. The Morgan fingerprint density at radius 1 is 1.02 bits per heavy atom. The Labute approximate surface area is 281 Å². The lowest BCUT2D eigenvalue weighted by Gasteiger charge is -2.30. The smallest absolute Gasteiger partial charge is 0.368 e. The molecule has 1 saturated heterocycles. The average Bonchev–Trinajstić information content (AvgIpc) is 3.58. The Hall–Kier alpha value is -3.25. The van der Waals surface area contributed by atoms with E-state index >= 15 is 0 Å². The fraction of sp³-hybridized carbons (Fsp3) is 0.545. The van der Waals surface area contributed by atoms with Crippen molar-refractivity contribution in [3.63, 3.8) is 0 Å². The minimum atomic E-state index is -4.19. The van der Waals surface area contributed by atoms with E-state index in [-0.39, 0.29) is 44.3 Å². The minimum Gasteiger partial charge on any atom is -0.368 e. The van der Waals surface area contributed by atoms with E-state index in [1.54, 1.807) is 35.9 Å². The van der Waals surface area contributed by atoms with Gasteiger partial charge in [0.2, 0.25) is 11.9 Å². The SMILES string of the molecule is Cn1c(Nc2c(Cl)ccc(CNC(=O)C(C)(C)C)c2Cl)nc2cc(C(=O)NCC3CCC(C(F)(F)F)CC3)c(N3CC[C@@H](F)C3)cc21. The van der Waals surface area contributed by atoms with Crippen LogP contribution in [-0.4, -0.2) is 53.3 Å². The average molecular weight is 700 g/mol. The van der Waals surface area contributed by atoms with E-state index in [0.29, 0.717) is 75.3 Å². The molecule has 1 atom stereocenters. The van der Waals surface area contributed by atoms with E-state index in [1.165, 1.54) is 0 Å². The Kier molecular flexibility index (Phi) is 10.2. The van der Waals surface area contributed by atoms with Crippen LogP contribution in [0.1, 0.15) is 68.8 Å². The van der Waals surface area contributed by atoms with Crippen LogP contribution in [0.4, 0.5) is 34.9 Å². The Balaban J connectivity index is 1.39. The maximum atomic E-state index is 14.3. The van der Waals surface area contributed by atoms with Crippen molar-refractivity contribution in [2.24, 2.45) is 24.3 Å². The summed E-state index contributed by atoms with van der Waals surface area (Å²) >= 11 is 13.3. The first kappa shape index (κ1) is 35.1. The van der Waals surface area contributed by atoms with Crippen LogP contribution in [0.3, 0.4) is 0 Å². The van der Waals surface area contributed by atoms with Crippen molar-refractivity contribution in [3.8, 4) is 0 Å². The summed E-state index contributed by atoms with van der Waals surface area (Å²) in [5.74, 6) is -1.48. The lowest BCUT2D eigenvalue weighted by atomic mass is 9.81. The molecule has 1 saturated carbocycles. The standard InChI is InChI=1S/C33H40Cl2F4N6O2/c1-32(2,3)30(47)41-16-19-7-10-23(34)28(27(19)35)43-31-42-24-13-22(25(14-26(24)44(31)4)45-12-11-21(36)17-45)29(46)40-15-18-5-8-20(9-6-18)33(37,38)39/h7,10,13-14,18,20-21H,5-6,8-9,11-12,15-17H2,1-4H3,(H,40,46)(H,41,47)(H,42,43)/t18?,20?,21-/m1/s1. The van der Waals surface area contributed by atoms with Crippen LogP contribution in [0, 0.1) is 17.3 Å². The summed E-state index contributed by atoms with van der Waals surface area (Å²) in [4.78, 5) is 32.5. The summed E-state index contributed by atoms with van der Waals surface area (Å²) in [6.07, 6.45) is -4.00. The molecule has 0 unspecified atom stereocenters. The van der Waals surface area contributed by atoms with Crippen LogP contribution >= 0.6 is 23.2 Å². The normalized spacial score (nSPS) is 20.5. The maximum absolute atomic E-state index is 14.3. The van der Waals surface area contributed by atoms with E-state index < -0.39 is 29.6 Å². The Morgan fingerprint density at radius 3 is 2.34 bits per heavy atom. The molecule has 0 spiro atoms. The molecule has 14 heteroatoms. The summed E-state index contributed by atoms with van der Waals surface area (Å²) in [5.41, 5.74) is 2.51. The number of rotatable bonds is 8. The quantitative estimate of drug-likeness (QED) is 0.208. The molecule has 1 aliphatic heterocycles. The number of hydrogen-bond acceptors (Lipinski definition) is 5. The first-order valence-electron chi connectivity index (χ1n) is 15.8. The summed E-state index contributed by atoms with van der Waals surface area (Å²) in [6, 6.07) is 6.87. The lowest BCUT2D eigenvalue weighted by molar-refractivity contribution is -0.183. The number of carbonyl (C=O) groups excluding carboxylic acids is 2. The van der Waals surface area contributed by atoms with Crippen LogP contribution in [-0.2, 0) is 18.4 Å². The molecule has 2 aliphatic rings. The number of fused-ring (bicyclic) bond motifs is 1. The fourth-order valence-electron chi connectivity index (χ4n) is 6.14. The van der Waals surface area contributed by atoms with E-state index in [4.69, 9.17) is 28.2 Å². The number of imidazole rings is 1. The summed E-state index contributed by atoms with van der Waals surface area (Å²) in [5, 5.41) is 9.66. The van der Waals surface area contributed by atoms with Crippen LogP contribution in [0.15, 0.2) is 24.3 Å². The third kappa shape index (κ3) is 7.91. The molecular weight excluding hydrogens is 659 g/mol. The highest BCUT2D eigenvalue weighted by Crippen LogP contribution is 2.40. The minimum absolute atomic E-state index is 0.0514. The first-order valence-corrected chi connectivity index (χ1v) is 16.5. The predicted molar refractivity (Wildman–Crippen MR) is 177 cm³/mol. The van der Waals surface area contributed by atoms with Gasteiger partial charge in [-0.2, -0.15) is 13.2 Å². The number of nitrogens with zero attached hydrogens (tertiary/aromatic N) is 3. The zero-order valence-electron chi connectivity index (χ0n) is 26.8. The zero-order valence-corrected chi connectivity index (χ0v) is 28.3. The Bertz CT molecular complexity index is 1650. The molecule has 256 valence electrons. The van der Waals surface area contributed by atoms with Gasteiger partial charge in [0.05, 0.1) is 43.9 Å². The predicted octanol–water partition coefficient (Wildman–Crippen LogP) is 7.93. The molecule has 47 heavy (non-hydrogen) atoms. The number of amides is 2. The van der Waals surface area contributed by atoms with Crippen LogP contribution in [0.5, 0.6) is 0 Å². The lowest BCUT2D eigenvalue weighted by Crippen LogP contribution is -2.35. The van der Waals surface area contributed by atoms with Gasteiger partial charge in [-0.1, -0.05) is 50.0 Å². The van der Waals surface area contributed by atoms with Crippen molar-refractivity contribution in [3.05, 3.63) is 45.4 Å². The molecule has 1 aromatic heterocycles. The summed E-state index contributed by atoms with van der Waals surface area (Å²) in [6.45, 7) is 6.47. The summed E-state index contributed by atoms with van der Waals surface area (Å²) < 4.78 is 55.4. The molecule has 3 N–H and O–H groups in total. The second-order valence-electron chi connectivity index (χ2n) is 13.6. The highest BCUT2D eigenvalue weighted by molar-refractivity contribution is 6.39. The van der Waals surface area contributed by atoms with Crippen molar-refractivity contribution in [1.82, 2.24) is 20.2 Å². The number of aryl methyl sites for hydroxylation is 1. The second kappa shape index (κ2) is 13.7. The van der Waals surface area contributed by atoms with Crippen molar-refractivity contribution in [2.45, 2.75) is 71.8 Å². The van der Waals surface area contributed by atoms with Gasteiger partial charge in [0.15, 0.2) is 0 Å². The monoisotopic (exact) mass is 698 g/mol. The number of benzene rings is 2. The third-order valence-electron chi connectivity index (χ3n) is 9.10. The molecule has 2 fully saturated rings. The Morgan fingerprint density at radius 2 is 1.72 bits per heavy atom. The molecule has 0 radical (unpaired) electrons. The van der Waals surface area contributed by atoms with Gasteiger partial charge in [0.25, 0.3) is 5.91 Å². The molecule has 2 amide bonds. The molecule has 2 heterocycles. The van der Waals surface area contributed by atoms with Gasteiger partial charge in [0, 0.05) is 38.6 Å². The third-order valence-corrected chi connectivity index (χ3v) is 9.85. The first-order chi connectivity index (χ1) is 22.0. The van der Waals surface area contributed by atoms with Crippen molar-refractivity contribution in [1.29, 1.82) is 0 Å². The van der Waals surface area contributed by atoms with E-state index in [0.717, 1.165) is 0 Å². The van der Waals surface area contributed by atoms with Gasteiger partial charge in [-0.25, -0.2) is 9.37 Å². The zero-order chi connectivity index (χ0) is 34.3. The number of alkyl halides is 4. The number of aromatic nitrogens is 2. The van der Waals surface area contributed by atoms with Gasteiger partial charge in [-0.15, -0.1) is 0 Å². The second-order valence-corrected chi connectivity index (χ2v) is 14.4. The van der Waals surface area contributed by atoms with Crippen molar-refractivity contribution >= 4 is 63.4 Å². The molecule has 1 aliphatic carbocycles. The van der Waals surface area contributed by atoms with E-state index in [1.807, 2.05) is 25.7 Å². The van der Waals surface area contributed by atoms with Gasteiger partial charge >= 0.3 is 6.18 Å². The number of nitrogens with one attached hydrogen (secondary N) is 3. The van der Waals surface area contributed by atoms with Gasteiger partial charge in [-0.05, 0) is 61.8 Å². The number of anilines is 3. The summed E-state index contributed by atoms with van der Waals surface area (Å²) in [7, 11) is 1.79. The number of halogens is 6. The fourth-order valence-corrected chi connectivity index (χ4v) is 6.68. The molecule has 0 bridgehead atoms. The largest absolute Gasteiger partial charge is 0.391 e. The van der Waals surface area contributed by atoms with E-state index in [2.05, 4.69) is 16.0 Å². The van der Waals surface area contributed by atoms with Crippen LogP contribution < -0.4 is 20.9 Å². The van der Waals surface area contributed by atoms with Crippen LogP contribution in [0.25, 0.3) is 11.0 Å². The van der Waals surface area contributed by atoms with Crippen molar-refractivity contribution < 1.29 is 27.2 Å². The highest BCUT2D eigenvalue weighted by Gasteiger charge is 2.41. The molecular formula is C33H40Cl2F4N6O2. The molecule has 5 rings (SSSR count). The van der Waals surface area contributed by atoms with E-state index in [9.17, 15) is 27.2 Å². The number of carbonyl (C=O) groups is 2. The highest BCUT2D eigenvalue weighted by atomic mass is 35.5. The van der Waals surface area contributed by atoms with Gasteiger partial charge in [0.1, 0.15) is 6.17 Å². The molecule has 3 aromatic rings. The molecule has 2 aromatic carbocycles. The number of hydrogen-bond donors (Lipinski definition) is 3. The van der Waals surface area contributed by atoms with Crippen LogP contribution in [0.2, 0.25) is 10.0 Å².